The minimum absolute atomic E-state index is 0.0266. The summed E-state index contributed by atoms with van der Waals surface area (Å²) in [6.07, 6.45) is 4.43. The molecule has 1 N–H and O–H groups in total. The van der Waals surface area contributed by atoms with Crippen LogP contribution in [0.1, 0.15) is 36.2 Å². The molecule has 1 aliphatic carbocycles. The minimum Gasteiger partial charge on any atom is -0.488 e. The van der Waals surface area contributed by atoms with Gasteiger partial charge >= 0.3 is 5.97 Å². The smallest absolute Gasteiger partial charge is 0.358 e. The van der Waals surface area contributed by atoms with Crippen molar-refractivity contribution >= 4 is 21.9 Å². The first kappa shape index (κ1) is 11.4. The molecule has 0 amide bonds. The van der Waals surface area contributed by atoms with E-state index in [0.717, 1.165) is 25.7 Å². The Labute approximate surface area is 102 Å². The lowest BCUT2D eigenvalue weighted by molar-refractivity contribution is 0.0682. The van der Waals surface area contributed by atoms with Crippen LogP contribution in [0.25, 0.3) is 0 Å². The third kappa shape index (κ3) is 2.52. The maximum atomic E-state index is 11.0. The zero-order valence-electron chi connectivity index (χ0n) is 8.65. The highest BCUT2D eigenvalue weighted by Gasteiger charge is 2.20. The number of carboxylic acids is 1. The predicted octanol–water partition coefficient (Wildman–Crippen LogP) is 2.86. The minimum atomic E-state index is -1.06. The third-order valence-corrected chi connectivity index (χ3v) is 3.06. The van der Waals surface area contributed by atoms with Gasteiger partial charge in [-0.2, -0.15) is 0 Å². The van der Waals surface area contributed by atoms with Gasteiger partial charge in [0.25, 0.3) is 0 Å². The lowest BCUT2D eigenvalue weighted by Crippen LogP contribution is -2.14. The average molecular weight is 286 g/mol. The van der Waals surface area contributed by atoms with Crippen LogP contribution in [-0.2, 0) is 0 Å². The van der Waals surface area contributed by atoms with Gasteiger partial charge in [-0.25, -0.2) is 9.78 Å². The Kier molecular flexibility index (Phi) is 3.43. The van der Waals surface area contributed by atoms with Crippen LogP contribution in [0.2, 0.25) is 0 Å². The Morgan fingerprint density at radius 1 is 1.44 bits per heavy atom. The van der Waals surface area contributed by atoms with Gasteiger partial charge in [-0.1, -0.05) is 0 Å². The van der Waals surface area contributed by atoms with E-state index in [-0.39, 0.29) is 11.8 Å². The van der Waals surface area contributed by atoms with Crippen LogP contribution in [0.5, 0.6) is 5.75 Å². The van der Waals surface area contributed by atoms with Gasteiger partial charge in [0.1, 0.15) is 4.60 Å². The highest BCUT2D eigenvalue weighted by atomic mass is 79.9. The van der Waals surface area contributed by atoms with E-state index in [0.29, 0.717) is 10.4 Å². The standard InChI is InChI=1S/C11H12BrNO3/c12-9-6-5-8(10(13-9)11(14)15)16-7-3-1-2-4-7/h5-7H,1-4H2,(H,14,15). The van der Waals surface area contributed by atoms with Gasteiger partial charge in [0.15, 0.2) is 11.4 Å². The van der Waals surface area contributed by atoms with Crippen molar-refractivity contribution in [3.05, 3.63) is 22.4 Å². The highest BCUT2D eigenvalue weighted by Crippen LogP contribution is 2.26. The summed E-state index contributed by atoms with van der Waals surface area (Å²) in [4.78, 5) is 14.9. The molecule has 1 aliphatic rings. The van der Waals surface area contributed by atoms with Gasteiger partial charge in [0.05, 0.1) is 6.10 Å². The van der Waals surface area contributed by atoms with Crippen molar-refractivity contribution in [3.63, 3.8) is 0 Å². The summed E-state index contributed by atoms with van der Waals surface area (Å²) >= 11 is 3.15. The summed E-state index contributed by atoms with van der Waals surface area (Å²) in [5.41, 5.74) is -0.0266. The number of pyridine rings is 1. The molecule has 2 rings (SSSR count). The molecule has 1 heterocycles. The second kappa shape index (κ2) is 4.82. The Balaban J connectivity index is 2.21. The van der Waals surface area contributed by atoms with E-state index in [1.165, 1.54) is 0 Å². The Bertz CT molecular complexity index is 402. The number of carboxylic acid groups (broad SMARTS) is 1. The molecule has 16 heavy (non-hydrogen) atoms. The summed E-state index contributed by atoms with van der Waals surface area (Å²) in [5.74, 6) is -0.697. The van der Waals surface area contributed by atoms with Crippen molar-refractivity contribution < 1.29 is 14.6 Å². The van der Waals surface area contributed by atoms with Gasteiger partial charge in [0.2, 0.25) is 0 Å². The Morgan fingerprint density at radius 2 is 2.12 bits per heavy atom. The van der Waals surface area contributed by atoms with Crippen LogP contribution in [0.4, 0.5) is 0 Å². The fourth-order valence-corrected chi connectivity index (χ4v) is 2.17. The first-order valence-corrected chi connectivity index (χ1v) is 6.02. The molecule has 1 aromatic rings. The third-order valence-electron chi connectivity index (χ3n) is 2.62. The molecule has 86 valence electrons. The van der Waals surface area contributed by atoms with E-state index in [9.17, 15) is 4.79 Å². The van der Waals surface area contributed by atoms with Crippen molar-refractivity contribution in [2.75, 3.05) is 0 Å². The molecule has 0 aliphatic heterocycles. The van der Waals surface area contributed by atoms with Crippen molar-refractivity contribution in [1.82, 2.24) is 4.98 Å². The number of aromatic nitrogens is 1. The number of nitrogens with zero attached hydrogens (tertiary/aromatic N) is 1. The van der Waals surface area contributed by atoms with Gasteiger partial charge in [-0.05, 0) is 53.7 Å². The second-order valence-electron chi connectivity index (χ2n) is 3.81. The van der Waals surface area contributed by atoms with Crippen molar-refractivity contribution in [2.45, 2.75) is 31.8 Å². The summed E-state index contributed by atoms with van der Waals surface area (Å²) in [6.45, 7) is 0. The summed E-state index contributed by atoms with van der Waals surface area (Å²) < 4.78 is 6.16. The molecule has 0 spiro atoms. The molecule has 0 saturated heterocycles. The second-order valence-corrected chi connectivity index (χ2v) is 4.62. The topological polar surface area (TPSA) is 59.4 Å². The van der Waals surface area contributed by atoms with E-state index in [4.69, 9.17) is 9.84 Å². The van der Waals surface area contributed by atoms with E-state index < -0.39 is 5.97 Å². The number of aromatic carboxylic acids is 1. The molecular formula is C11H12BrNO3. The lowest BCUT2D eigenvalue weighted by Gasteiger charge is -2.14. The Morgan fingerprint density at radius 3 is 2.75 bits per heavy atom. The van der Waals surface area contributed by atoms with Crippen LogP contribution in [0, 0.1) is 0 Å². The molecule has 1 fully saturated rings. The molecule has 0 atom stereocenters. The number of ether oxygens (including phenoxy) is 1. The van der Waals surface area contributed by atoms with E-state index in [1.807, 2.05) is 0 Å². The largest absolute Gasteiger partial charge is 0.488 e. The normalized spacial score (nSPS) is 16.3. The molecule has 0 bridgehead atoms. The van der Waals surface area contributed by atoms with Crippen molar-refractivity contribution in [2.24, 2.45) is 0 Å². The molecule has 5 heteroatoms. The van der Waals surface area contributed by atoms with Gasteiger partial charge < -0.3 is 9.84 Å². The summed E-state index contributed by atoms with van der Waals surface area (Å²) in [5, 5.41) is 9.00. The van der Waals surface area contributed by atoms with Crippen LogP contribution in [0.3, 0.4) is 0 Å². The number of halogens is 1. The van der Waals surface area contributed by atoms with Gasteiger partial charge in [-0.15, -0.1) is 0 Å². The van der Waals surface area contributed by atoms with E-state index in [2.05, 4.69) is 20.9 Å². The molecule has 4 nitrogen and oxygen atoms in total. The Hall–Kier alpha value is -1.10. The fourth-order valence-electron chi connectivity index (χ4n) is 1.86. The maximum Gasteiger partial charge on any atom is 0.358 e. The van der Waals surface area contributed by atoms with Crippen LogP contribution in [-0.4, -0.2) is 22.2 Å². The number of rotatable bonds is 3. The van der Waals surface area contributed by atoms with Crippen LogP contribution in [0.15, 0.2) is 16.7 Å². The maximum absolute atomic E-state index is 11.0. The SMILES string of the molecule is O=C(O)c1nc(Br)ccc1OC1CCCC1. The van der Waals surface area contributed by atoms with Crippen LogP contribution < -0.4 is 4.74 Å². The number of carbonyl (C=O) groups is 1. The predicted molar refractivity (Wildman–Crippen MR) is 61.8 cm³/mol. The highest BCUT2D eigenvalue weighted by molar-refractivity contribution is 9.10. The molecule has 0 unspecified atom stereocenters. The molecule has 1 aromatic heterocycles. The average Bonchev–Trinajstić information content (AvgIpc) is 2.73. The zero-order valence-corrected chi connectivity index (χ0v) is 10.2. The van der Waals surface area contributed by atoms with Gasteiger partial charge in [-0.3, -0.25) is 0 Å². The van der Waals surface area contributed by atoms with Crippen molar-refractivity contribution in [3.8, 4) is 5.75 Å². The monoisotopic (exact) mass is 285 g/mol. The first-order valence-electron chi connectivity index (χ1n) is 5.23. The summed E-state index contributed by atoms with van der Waals surface area (Å²) in [7, 11) is 0. The van der Waals surface area contributed by atoms with Gasteiger partial charge in [0, 0.05) is 0 Å². The number of hydrogen-bond acceptors (Lipinski definition) is 3. The molecule has 0 radical (unpaired) electrons. The zero-order chi connectivity index (χ0) is 11.5. The fraction of sp³-hybridized carbons (Fsp3) is 0.455. The van der Waals surface area contributed by atoms with E-state index >= 15 is 0 Å². The molecular weight excluding hydrogens is 274 g/mol. The number of hydrogen-bond donors (Lipinski definition) is 1. The molecule has 0 aromatic carbocycles. The van der Waals surface area contributed by atoms with E-state index in [1.54, 1.807) is 12.1 Å². The van der Waals surface area contributed by atoms with Crippen molar-refractivity contribution in [1.29, 1.82) is 0 Å². The lowest BCUT2D eigenvalue weighted by atomic mass is 10.3. The molecule has 1 saturated carbocycles. The quantitative estimate of drug-likeness (QED) is 0.868. The first-order chi connectivity index (χ1) is 7.66. The van der Waals surface area contributed by atoms with Crippen LogP contribution >= 0.6 is 15.9 Å². The summed E-state index contributed by atoms with van der Waals surface area (Å²) in [6, 6.07) is 3.34.